The van der Waals surface area contributed by atoms with Crippen molar-refractivity contribution in [3.05, 3.63) is 78.9 Å². The summed E-state index contributed by atoms with van der Waals surface area (Å²) in [6.07, 6.45) is 0. The van der Waals surface area contributed by atoms with Crippen LogP contribution in [0, 0.1) is 0 Å². The van der Waals surface area contributed by atoms with Crippen LogP contribution in [0.2, 0.25) is 0 Å². The van der Waals surface area contributed by atoms with Crippen LogP contribution in [0.5, 0.6) is 11.5 Å². The Balaban J connectivity index is 1.79. The van der Waals surface area contributed by atoms with Crippen LogP contribution in [0.15, 0.2) is 78.9 Å². The predicted molar refractivity (Wildman–Crippen MR) is 94.5 cm³/mol. The third kappa shape index (κ3) is 1.90. The number of rotatable bonds is 1. The summed E-state index contributed by atoms with van der Waals surface area (Å²) in [4.78, 5) is 0. The number of benzene rings is 4. The highest BCUT2D eigenvalue weighted by Crippen LogP contribution is 2.34. The molecule has 3 heteroatoms. The van der Waals surface area contributed by atoms with Crippen LogP contribution in [0.1, 0.15) is 0 Å². The molecule has 0 bridgehead atoms. The SMILES string of the molecule is c1ccc2c(c1)OB(c1c3ccccc3cc3ccccc13)O2. The van der Waals surface area contributed by atoms with E-state index in [1.807, 2.05) is 24.3 Å². The molecule has 4 aromatic carbocycles. The predicted octanol–water partition coefficient (Wildman–Crippen LogP) is 4.16. The quantitative estimate of drug-likeness (QED) is 0.388. The number of fused-ring (bicyclic) bond motifs is 3. The first-order chi connectivity index (χ1) is 11.4. The number of para-hydroxylation sites is 2. The molecule has 5 rings (SSSR count). The van der Waals surface area contributed by atoms with Crippen LogP contribution >= 0.6 is 0 Å². The van der Waals surface area contributed by atoms with E-state index in [-0.39, 0.29) is 0 Å². The summed E-state index contributed by atoms with van der Waals surface area (Å²) in [5, 5.41) is 4.74. The van der Waals surface area contributed by atoms with Crippen molar-refractivity contribution < 1.29 is 9.31 Å². The van der Waals surface area contributed by atoms with Gasteiger partial charge in [-0.05, 0) is 39.7 Å². The van der Waals surface area contributed by atoms with Crippen LogP contribution < -0.4 is 14.8 Å². The van der Waals surface area contributed by atoms with Crippen LogP contribution in [0.25, 0.3) is 21.5 Å². The molecule has 0 unspecified atom stereocenters. The zero-order valence-corrected chi connectivity index (χ0v) is 12.4. The van der Waals surface area contributed by atoms with E-state index in [1.165, 1.54) is 21.5 Å². The first-order valence-electron chi connectivity index (χ1n) is 7.73. The fraction of sp³-hybridized carbons (Fsp3) is 0. The Morgan fingerprint density at radius 2 is 1.04 bits per heavy atom. The average Bonchev–Trinajstić information content (AvgIpc) is 3.03. The summed E-state index contributed by atoms with van der Waals surface area (Å²) < 4.78 is 12.2. The molecular weight excluding hydrogens is 283 g/mol. The summed E-state index contributed by atoms with van der Waals surface area (Å²) in [6.45, 7) is 0. The Kier molecular flexibility index (Phi) is 2.62. The normalized spacial score (nSPS) is 13.0. The molecule has 0 amide bonds. The summed E-state index contributed by atoms with van der Waals surface area (Å²) >= 11 is 0. The Bertz CT molecular complexity index is 963. The van der Waals surface area contributed by atoms with Gasteiger partial charge in [0.15, 0.2) is 0 Å². The Labute approximate surface area is 134 Å². The van der Waals surface area contributed by atoms with E-state index in [1.54, 1.807) is 0 Å². The van der Waals surface area contributed by atoms with Crippen LogP contribution in [0.3, 0.4) is 0 Å². The molecule has 0 radical (unpaired) electrons. The third-order valence-corrected chi connectivity index (χ3v) is 4.37. The van der Waals surface area contributed by atoms with Crippen LogP contribution in [0.4, 0.5) is 0 Å². The van der Waals surface area contributed by atoms with Gasteiger partial charge in [-0.15, -0.1) is 0 Å². The summed E-state index contributed by atoms with van der Waals surface area (Å²) in [5.41, 5.74) is 1.09. The monoisotopic (exact) mass is 296 g/mol. The molecule has 108 valence electrons. The summed E-state index contributed by atoms with van der Waals surface area (Å²) in [7, 11) is -0.414. The van der Waals surface area contributed by atoms with Crippen molar-refractivity contribution in [1.82, 2.24) is 0 Å². The van der Waals surface area contributed by atoms with Crippen LogP contribution in [-0.4, -0.2) is 7.12 Å². The van der Waals surface area contributed by atoms with Crippen molar-refractivity contribution >= 4 is 34.1 Å². The molecule has 0 aliphatic carbocycles. The minimum atomic E-state index is -0.414. The second-order valence-corrected chi connectivity index (χ2v) is 5.75. The molecule has 1 aliphatic rings. The Morgan fingerprint density at radius 3 is 1.61 bits per heavy atom. The molecule has 0 atom stereocenters. The van der Waals surface area contributed by atoms with Gasteiger partial charge in [-0.1, -0.05) is 60.7 Å². The molecule has 1 heterocycles. The average molecular weight is 296 g/mol. The maximum Gasteiger partial charge on any atom is 0.634 e. The van der Waals surface area contributed by atoms with E-state index < -0.39 is 7.12 Å². The molecule has 0 aromatic heterocycles. The minimum absolute atomic E-state index is 0.414. The zero-order valence-electron chi connectivity index (χ0n) is 12.4. The lowest BCUT2D eigenvalue weighted by Crippen LogP contribution is -2.40. The maximum atomic E-state index is 6.09. The lowest BCUT2D eigenvalue weighted by Gasteiger charge is -2.13. The van der Waals surface area contributed by atoms with E-state index in [0.717, 1.165) is 17.0 Å². The molecule has 0 fully saturated rings. The minimum Gasteiger partial charge on any atom is -0.519 e. The van der Waals surface area contributed by atoms with E-state index >= 15 is 0 Å². The second-order valence-electron chi connectivity index (χ2n) is 5.75. The third-order valence-electron chi connectivity index (χ3n) is 4.37. The van der Waals surface area contributed by atoms with Crippen molar-refractivity contribution in [2.75, 3.05) is 0 Å². The van der Waals surface area contributed by atoms with E-state index in [4.69, 9.17) is 9.31 Å². The van der Waals surface area contributed by atoms with Gasteiger partial charge in [0.25, 0.3) is 0 Å². The standard InChI is InChI=1S/C20H13BO2/c1-3-9-16-14(7-1)13-15-8-2-4-10-17(15)20(16)21-22-18-11-5-6-12-19(18)23-21/h1-13H. The smallest absolute Gasteiger partial charge is 0.519 e. The Morgan fingerprint density at radius 1 is 0.565 bits per heavy atom. The van der Waals surface area contributed by atoms with Gasteiger partial charge in [-0.25, -0.2) is 0 Å². The van der Waals surface area contributed by atoms with Crippen molar-refractivity contribution in [2.45, 2.75) is 0 Å². The maximum absolute atomic E-state index is 6.09. The first kappa shape index (κ1) is 12.6. The van der Waals surface area contributed by atoms with Gasteiger partial charge in [-0.2, -0.15) is 0 Å². The van der Waals surface area contributed by atoms with Crippen molar-refractivity contribution in [1.29, 1.82) is 0 Å². The highest BCUT2D eigenvalue weighted by atomic mass is 16.6. The van der Waals surface area contributed by atoms with Gasteiger partial charge >= 0.3 is 7.12 Å². The zero-order chi connectivity index (χ0) is 15.2. The summed E-state index contributed by atoms with van der Waals surface area (Å²) in [6, 6.07) is 26.8. The molecule has 0 saturated heterocycles. The van der Waals surface area contributed by atoms with E-state index in [0.29, 0.717) is 0 Å². The second kappa shape index (κ2) is 4.78. The molecule has 0 saturated carbocycles. The van der Waals surface area contributed by atoms with Gasteiger partial charge in [-0.3, -0.25) is 0 Å². The van der Waals surface area contributed by atoms with Crippen LogP contribution in [-0.2, 0) is 0 Å². The largest absolute Gasteiger partial charge is 0.634 e. The van der Waals surface area contributed by atoms with Gasteiger partial charge in [0.2, 0.25) is 0 Å². The number of hydrogen-bond acceptors (Lipinski definition) is 2. The molecule has 23 heavy (non-hydrogen) atoms. The van der Waals surface area contributed by atoms with Gasteiger partial charge in [0.05, 0.1) is 0 Å². The van der Waals surface area contributed by atoms with Crippen molar-refractivity contribution in [3.8, 4) is 11.5 Å². The van der Waals surface area contributed by atoms with Gasteiger partial charge < -0.3 is 9.31 Å². The lowest BCUT2D eigenvalue weighted by atomic mass is 9.73. The number of hydrogen-bond donors (Lipinski definition) is 0. The van der Waals surface area contributed by atoms with E-state index in [9.17, 15) is 0 Å². The summed E-state index contributed by atoms with van der Waals surface area (Å²) in [5.74, 6) is 1.60. The molecule has 0 N–H and O–H groups in total. The fourth-order valence-corrected chi connectivity index (χ4v) is 3.32. The lowest BCUT2D eigenvalue weighted by molar-refractivity contribution is 0.520. The fourth-order valence-electron chi connectivity index (χ4n) is 3.32. The van der Waals surface area contributed by atoms with Gasteiger partial charge in [0, 0.05) is 5.46 Å². The molecule has 1 aliphatic heterocycles. The van der Waals surface area contributed by atoms with Crippen molar-refractivity contribution in [2.24, 2.45) is 0 Å². The highest BCUT2D eigenvalue weighted by Gasteiger charge is 2.36. The molecule has 4 aromatic rings. The molecule has 2 nitrogen and oxygen atoms in total. The molecular formula is C20H13BO2. The van der Waals surface area contributed by atoms with Crippen molar-refractivity contribution in [3.63, 3.8) is 0 Å². The highest BCUT2D eigenvalue weighted by molar-refractivity contribution is 6.69. The van der Waals surface area contributed by atoms with E-state index in [2.05, 4.69) is 54.6 Å². The topological polar surface area (TPSA) is 18.5 Å². The van der Waals surface area contributed by atoms with Gasteiger partial charge in [0.1, 0.15) is 11.5 Å². The Hall–Kier alpha value is -2.94. The first-order valence-corrected chi connectivity index (χ1v) is 7.73. The molecule has 0 spiro atoms.